The van der Waals surface area contributed by atoms with E-state index in [1.54, 1.807) is 26.0 Å². The van der Waals surface area contributed by atoms with Gasteiger partial charge in [-0.1, -0.05) is 45.0 Å². The Morgan fingerprint density at radius 2 is 1.77 bits per heavy atom. The highest BCUT2D eigenvalue weighted by Crippen LogP contribution is 2.45. The monoisotopic (exact) mass is 735 g/mol. The number of hydrogen-bond acceptors (Lipinski definition) is 12. The second-order valence-corrected chi connectivity index (χ2v) is 16.6. The Morgan fingerprint density at radius 1 is 1.10 bits per heavy atom. The Morgan fingerprint density at radius 3 is 2.40 bits per heavy atom. The summed E-state index contributed by atoms with van der Waals surface area (Å²) in [6, 6.07) is 5.39. The molecule has 0 spiro atoms. The fourth-order valence-corrected chi connectivity index (χ4v) is 9.11. The van der Waals surface area contributed by atoms with Crippen LogP contribution in [0.25, 0.3) is 0 Å². The Kier molecular flexibility index (Phi) is 12.8. The van der Waals surface area contributed by atoms with Gasteiger partial charge in [-0.25, -0.2) is 4.39 Å². The molecule has 12 nitrogen and oxygen atoms in total. The van der Waals surface area contributed by atoms with Crippen LogP contribution in [-0.2, 0) is 33.3 Å². The van der Waals surface area contributed by atoms with E-state index in [1.807, 2.05) is 60.5 Å². The maximum Gasteiger partial charge on any atom is 0.311 e. The first kappa shape index (κ1) is 40.9. The predicted molar refractivity (Wildman–Crippen MR) is 193 cm³/mol. The molecule has 1 aromatic rings. The number of likely N-dealkylation sites (N-methyl/N-ethyl adjacent to an activating group) is 1. The van der Waals surface area contributed by atoms with Crippen LogP contribution >= 0.6 is 0 Å². The average molecular weight is 736 g/mol. The smallest absolute Gasteiger partial charge is 0.311 e. The number of cyclic esters (lactones) is 1. The second-order valence-electron chi connectivity index (χ2n) is 16.6. The SMILES string of the molecule is CC[C@H]1OC(=O)[C@H](C)[C@@H](OCC2CC(c3ccc(F)cc3)=NO2)[C@H](C)[C@@H](O[C@@H]2O[C@H](C)C[C@H](N(C)C)[C@H]2O)[C@@](C)(O)C[C@@H](C)[C@H]2OC1(C)[C@@H](N)[C@H]2C. The summed E-state index contributed by atoms with van der Waals surface area (Å²) in [4.78, 5) is 21.9. The second kappa shape index (κ2) is 16.2. The molecule has 16 atom stereocenters. The van der Waals surface area contributed by atoms with Crippen LogP contribution in [0.3, 0.4) is 0 Å². The number of ether oxygens (including phenoxy) is 5. The van der Waals surface area contributed by atoms with E-state index >= 15 is 0 Å². The topological polar surface area (TPSA) is 155 Å². The van der Waals surface area contributed by atoms with Crippen molar-refractivity contribution in [2.45, 2.75) is 153 Å². The molecule has 13 heteroatoms. The zero-order valence-corrected chi connectivity index (χ0v) is 32.5. The van der Waals surface area contributed by atoms with Gasteiger partial charge < -0.3 is 49.4 Å². The predicted octanol–water partition coefficient (Wildman–Crippen LogP) is 4.02. The number of carbonyl (C=O) groups is 1. The Bertz CT molecular complexity index is 1400. The van der Waals surface area contributed by atoms with Crippen molar-refractivity contribution in [1.82, 2.24) is 4.90 Å². The molecule has 0 amide bonds. The summed E-state index contributed by atoms with van der Waals surface area (Å²) < 4.78 is 46.2. The number of fused-ring (bicyclic) bond motifs is 2. The molecule has 3 fully saturated rings. The first-order valence-corrected chi connectivity index (χ1v) is 19.0. The van der Waals surface area contributed by atoms with Gasteiger partial charge in [0.15, 0.2) is 12.4 Å². The van der Waals surface area contributed by atoms with Crippen molar-refractivity contribution in [3.63, 3.8) is 0 Å². The number of aliphatic hydroxyl groups is 2. The third-order valence-electron chi connectivity index (χ3n) is 12.1. The van der Waals surface area contributed by atoms with Gasteiger partial charge >= 0.3 is 5.97 Å². The van der Waals surface area contributed by atoms with Crippen LogP contribution in [0.4, 0.5) is 4.39 Å². The van der Waals surface area contributed by atoms with Gasteiger partial charge in [0.1, 0.15) is 23.6 Å². The van der Waals surface area contributed by atoms with Crippen molar-refractivity contribution >= 4 is 11.7 Å². The van der Waals surface area contributed by atoms with Gasteiger partial charge in [0.05, 0.1) is 48.3 Å². The van der Waals surface area contributed by atoms with Crippen molar-refractivity contribution in [3.05, 3.63) is 35.6 Å². The number of benzene rings is 1. The maximum absolute atomic E-state index is 14.2. The molecule has 2 bridgehead atoms. The summed E-state index contributed by atoms with van der Waals surface area (Å²) in [5.74, 6) is -2.55. The molecule has 4 aliphatic rings. The number of rotatable bonds is 8. The van der Waals surface area contributed by atoms with Crippen LogP contribution in [0.15, 0.2) is 29.4 Å². The van der Waals surface area contributed by atoms with Gasteiger partial charge in [-0.3, -0.25) is 4.79 Å². The number of halogens is 1. The fraction of sp³-hybridized carbons (Fsp3) is 0.795. The number of hydrogen-bond donors (Lipinski definition) is 3. The van der Waals surface area contributed by atoms with E-state index in [9.17, 15) is 19.4 Å². The van der Waals surface area contributed by atoms with E-state index in [0.29, 0.717) is 25.0 Å². The largest absolute Gasteiger partial charge is 0.459 e. The molecule has 3 saturated heterocycles. The summed E-state index contributed by atoms with van der Waals surface area (Å²) in [5.41, 5.74) is 5.79. The van der Waals surface area contributed by atoms with Gasteiger partial charge in [0.2, 0.25) is 0 Å². The van der Waals surface area contributed by atoms with E-state index in [1.165, 1.54) is 12.1 Å². The minimum Gasteiger partial charge on any atom is -0.459 e. The average Bonchev–Trinajstić information content (AvgIpc) is 3.65. The third kappa shape index (κ3) is 8.36. The number of nitrogens with zero attached hydrogens (tertiary/aromatic N) is 2. The first-order chi connectivity index (χ1) is 24.4. The molecule has 5 rings (SSSR count). The zero-order chi connectivity index (χ0) is 38.3. The lowest BCUT2D eigenvalue weighted by Crippen LogP contribution is -2.59. The van der Waals surface area contributed by atoms with Crippen LogP contribution in [0, 0.1) is 29.5 Å². The molecule has 4 N–H and O–H groups in total. The molecule has 0 aliphatic carbocycles. The summed E-state index contributed by atoms with van der Waals surface area (Å²) >= 11 is 0. The Labute approximate surface area is 308 Å². The lowest BCUT2D eigenvalue weighted by atomic mass is 9.75. The Balaban J connectivity index is 1.49. The summed E-state index contributed by atoms with van der Waals surface area (Å²) in [7, 11) is 3.81. The Hall–Kier alpha value is -2.23. The highest BCUT2D eigenvalue weighted by Gasteiger charge is 2.57. The van der Waals surface area contributed by atoms with Crippen LogP contribution in [0.2, 0.25) is 0 Å². The summed E-state index contributed by atoms with van der Waals surface area (Å²) in [6.45, 7) is 15.3. The van der Waals surface area contributed by atoms with Gasteiger partial charge in [-0.2, -0.15) is 0 Å². The minimum atomic E-state index is -1.51. The number of nitrogens with two attached hydrogens (primary N) is 1. The molecule has 294 valence electrons. The van der Waals surface area contributed by atoms with E-state index < -0.39 is 71.9 Å². The lowest BCUT2D eigenvalue weighted by molar-refractivity contribution is -0.300. The highest BCUT2D eigenvalue weighted by molar-refractivity contribution is 6.01. The standard InChI is InChI=1S/C39H62FN3O9/c1-11-30-39(8)34(41)22(4)32(51-39)20(2)18-38(7,46)35(50-37-31(44)29(43(9)10)16-21(3)48-37)23(5)33(24(6)36(45)49-30)47-19-27-17-28(42-52-27)25-12-14-26(40)15-13-25/h12-15,20-24,27,29-35,37,44,46H,11,16-19,41H2,1-10H3/t20-,21-,22+,23+,24-,27?,29+,30-,31-,32-,33+,34+,35-,37+,38+,39?/m1/s1. The number of carbonyl (C=O) groups excluding carboxylic acids is 1. The number of oxime groups is 1. The van der Waals surface area contributed by atoms with Crippen molar-refractivity contribution in [2.24, 2.45) is 34.6 Å². The number of esters is 1. The molecule has 1 aromatic carbocycles. The summed E-state index contributed by atoms with van der Waals surface area (Å²) in [6.07, 6.45) is -3.75. The lowest BCUT2D eigenvalue weighted by Gasteiger charge is -2.47. The number of aliphatic hydroxyl groups excluding tert-OH is 1. The van der Waals surface area contributed by atoms with Crippen molar-refractivity contribution < 1.29 is 47.9 Å². The maximum atomic E-state index is 14.2. The van der Waals surface area contributed by atoms with E-state index in [0.717, 1.165) is 5.56 Å². The zero-order valence-electron chi connectivity index (χ0n) is 32.5. The van der Waals surface area contributed by atoms with Gasteiger partial charge in [0, 0.05) is 30.3 Å². The van der Waals surface area contributed by atoms with E-state index in [-0.39, 0.29) is 48.9 Å². The molecule has 2 unspecified atom stereocenters. The summed E-state index contributed by atoms with van der Waals surface area (Å²) in [5, 5.41) is 28.3. The molecule has 0 saturated carbocycles. The molecule has 4 aliphatic heterocycles. The van der Waals surface area contributed by atoms with E-state index in [4.69, 9.17) is 34.3 Å². The van der Waals surface area contributed by atoms with Crippen LogP contribution in [-0.4, -0.2) is 120 Å². The molecular weight excluding hydrogens is 673 g/mol. The van der Waals surface area contributed by atoms with Gasteiger partial charge in [-0.05, 0) is 84.7 Å². The molecule has 52 heavy (non-hydrogen) atoms. The van der Waals surface area contributed by atoms with Crippen molar-refractivity contribution in [1.29, 1.82) is 0 Å². The fourth-order valence-electron chi connectivity index (χ4n) is 9.11. The third-order valence-corrected chi connectivity index (χ3v) is 12.1. The molecular formula is C39H62FN3O9. The quantitative estimate of drug-likeness (QED) is 0.332. The van der Waals surface area contributed by atoms with Crippen LogP contribution in [0.1, 0.15) is 86.6 Å². The van der Waals surface area contributed by atoms with Gasteiger partial charge in [0.25, 0.3) is 0 Å². The minimum absolute atomic E-state index is 0.0663. The van der Waals surface area contributed by atoms with E-state index in [2.05, 4.69) is 5.16 Å². The van der Waals surface area contributed by atoms with Crippen molar-refractivity contribution in [3.8, 4) is 0 Å². The van der Waals surface area contributed by atoms with Crippen molar-refractivity contribution in [2.75, 3.05) is 20.7 Å². The normalized spacial score (nSPS) is 44.7. The van der Waals surface area contributed by atoms with Crippen LogP contribution < -0.4 is 5.73 Å². The van der Waals surface area contributed by atoms with Crippen LogP contribution in [0.5, 0.6) is 0 Å². The highest BCUT2D eigenvalue weighted by atomic mass is 19.1. The molecule has 4 heterocycles. The molecule has 0 radical (unpaired) electrons. The van der Waals surface area contributed by atoms with Gasteiger partial charge in [-0.15, -0.1) is 0 Å². The molecule has 0 aromatic heterocycles. The first-order valence-electron chi connectivity index (χ1n) is 19.0.